The molecule has 0 saturated carbocycles. The molecule has 3 aromatic rings. The van der Waals surface area contributed by atoms with Crippen LogP contribution in [0.3, 0.4) is 0 Å². The van der Waals surface area contributed by atoms with Gasteiger partial charge in [-0.3, -0.25) is 4.79 Å². The fraction of sp³-hybridized carbons (Fsp3) is 0.0625. The van der Waals surface area contributed by atoms with Crippen molar-refractivity contribution in [3.63, 3.8) is 0 Å². The monoisotopic (exact) mass is 252 g/mol. The van der Waals surface area contributed by atoms with Crippen molar-refractivity contribution < 1.29 is 9.52 Å². The zero-order valence-electron chi connectivity index (χ0n) is 10.4. The number of aromatic hydroxyl groups is 1. The largest absolute Gasteiger partial charge is 0.507 e. The molecule has 0 aliphatic rings. The van der Waals surface area contributed by atoms with E-state index in [9.17, 15) is 9.90 Å². The minimum absolute atomic E-state index is 0.0386. The van der Waals surface area contributed by atoms with Gasteiger partial charge in [-0.2, -0.15) is 0 Å². The number of rotatable bonds is 1. The molecule has 19 heavy (non-hydrogen) atoms. The van der Waals surface area contributed by atoms with Gasteiger partial charge < -0.3 is 9.52 Å². The Kier molecular flexibility index (Phi) is 2.60. The molecular weight excluding hydrogens is 240 g/mol. The van der Waals surface area contributed by atoms with E-state index in [2.05, 4.69) is 0 Å². The molecule has 0 radical (unpaired) electrons. The van der Waals surface area contributed by atoms with E-state index < -0.39 is 0 Å². The van der Waals surface area contributed by atoms with Crippen molar-refractivity contribution in [2.75, 3.05) is 0 Å². The summed E-state index contributed by atoms with van der Waals surface area (Å²) < 4.78 is 5.73. The molecule has 1 heterocycles. The second kappa shape index (κ2) is 4.28. The number of hydrogen-bond acceptors (Lipinski definition) is 3. The van der Waals surface area contributed by atoms with E-state index in [-0.39, 0.29) is 16.6 Å². The van der Waals surface area contributed by atoms with E-state index in [1.54, 1.807) is 12.1 Å². The second-order valence-corrected chi connectivity index (χ2v) is 4.50. The van der Waals surface area contributed by atoms with Gasteiger partial charge in [0.1, 0.15) is 22.5 Å². The first-order valence-corrected chi connectivity index (χ1v) is 5.98. The maximum Gasteiger partial charge on any atom is 0.197 e. The Bertz CT molecular complexity index is 801. The van der Waals surface area contributed by atoms with Crippen LogP contribution in [0, 0.1) is 6.92 Å². The predicted octanol–water partition coefficient (Wildman–Crippen LogP) is 3.47. The van der Waals surface area contributed by atoms with Crippen LogP contribution in [0.1, 0.15) is 5.56 Å². The Labute approximate surface area is 109 Å². The quantitative estimate of drug-likeness (QED) is 0.721. The van der Waals surface area contributed by atoms with E-state index in [0.29, 0.717) is 11.3 Å². The summed E-state index contributed by atoms with van der Waals surface area (Å²) in [6, 6.07) is 14.1. The van der Waals surface area contributed by atoms with Crippen molar-refractivity contribution >= 4 is 11.0 Å². The van der Waals surface area contributed by atoms with Gasteiger partial charge in [-0.25, -0.2) is 0 Å². The summed E-state index contributed by atoms with van der Waals surface area (Å²) in [4.78, 5) is 12.1. The highest BCUT2D eigenvalue weighted by atomic mass is 16.3. The van der Waals surface area contributed by atoms with Gasteiger partial charge in [0.05, 0.1) is 0 Å². The summed E-state index contributed by atoms with van der Waals surface area (Å²) >= 11 is 0. The van der Waals surface area contributed by atoms with Crippen LogP contribution in [0.2, 0.25) is 0 Å². The normalized spacial score (nSPS) is 10.8. The first-order valence-electron chi connectivity index (χ1n) is 5.98. The highest BCUT2D eigenvalue weighted by Crippen LogP contribution is 2.27. The van der Waals surface area contributed by atoms with E-state index in [0.717, 1.165) is 11.1 Å². The summed E-state index contributed by atoms with van der Waals surface area (Å²) in [7, 11) is 0. The molecule has 0 amide bonds. The fourth-order valence-electron chi connectivity index (χ4n) is 2.15. The van der Waals surface area contributed by atoms with Gasteiger partial charge in [0, 0.05) is 11.6 Å². The van der Waals surface area contributed by atoms with E-state index in [1.165, 1.54) is 6.07 Å². The van der Waals surface area contributed by atoms with E-state index in [4.69, 9.17) is 4.42 Å². The summed E-state index contributed by atoms with van der Waals surface area (Å²) in [5.74, 6) is 0.464. The SMILES string of the molecule is Cc1cc(O)c2c(=O)cc(-c3ccccc3)oc2c1. The topological polar surface area (TPSA) is 50.4 Å². The number of benzene rings is 2. The number of hydrogen-bond donors (Lipinski definition) is 1. The maximum absolute atomic E-state index is 12.1. The van der Waals surface area contributed by atoms with Crippen LogP contribution in [0.25, 0.3) is 22.3 Å². The van der Waals surface area contributed by atoms with Crippen molar-refractivity contribution in [3.8, 4) is 17.1 Å². The molecular formula is C16H12O3. The van der Waals surface area contributed by atoms with Gasteiger partial charge in [-0.1, -0.05) is 30.3 Å². The molecule has 1 N–H and O–H groups in total. The number of fused-ring (bicyclic) bond motifs is 1. The van der Waals surface area contributed by atoms with Crippen LogP contribution in [0.5, 0.6) is 5.75 Å². The number of phenolic OH excluding ortho intramolecular Hbond substituents is 1. The lowest BCUT2D eigenvalue weighted by molar-refractivity contribution is 0.479. The molecule has 94 valence electrons. The molecule has 3 heteroatoms. The summed E-state index contributed by atoms with van der Waals surface area (Å²) in [6.07, 6.45) is 0. The van der Waals surface area contributed by atoms with Gasteiger partial charge in [0.2, 0.25) is 0 Å². The standard InChI is InChI=1S/C16H12O3/c1-10-7-12(17)16-13(18)9-14(19-15(16)8-10)11-5-3-2-4-6-11/h2-9,17H,1H3. The zero-order chi connectivity index (χ0) is 13.4. The fourth-order valence-corrected chi connectivity index (χ4v) is 2.15. The third kappa shape index (κ3) is 1.99. The summed E-state index contributed by atoms with van der Waals surface area (Å²) in [5, 5.41) is 10.1. The zero-order valence-corrected chi connectivity index (χ0v) is 10.4. The Hall–Kier alpha value is -2.55. The van der Waals surface area contributed by atoms with Crippen molar-refractivity contribution in [1.29, 1.82) is 0 Å². The highest BCUT2D eigenvalue weighted by Gasteiger charge is 2.10. The molecule has 0 spiro atoms. The van der Waals surface area contributed by atoms with Gasteiger partial charge in [0.15, 0.2) is 5.43 Å². The maximum atomic E-state index is 12.1. The summed E-state index contributed by atoms with van der Waals surface area (Å²) in [6.45, 7) is 1.84. The number of phenols is 1. The molecule has 0 aliphatic heterocycles. The molecule has 0 unspecified atom stereocenters. The average Bonchev–Trinajstić information content (AvgIpc) is 2.38. The van der Waals surface area contributed by atoms with Crippen molar-refractivity contribution in [2.24, 2.45) is 0 Å². The predicted molar refractivity (Wildman–Crippen MR) is 74.3 cm³/mol. The molecule has 0 saturated heterocycles. The Morgan fingerprint density at radius 2 is 1.79 bits per heavy atom. The van der Waals surface area contributed by atoms with Gasteiger partial charge in [0.25, 0.3) is 0 Å². The van der Waals surface area contributed by atoms with E-state index in [1.807, 2.05) is 37.3 Å². The molecule has 3 rings (SSSR count). The van der Waals surface area contributed by atoms with Crippen molar-refractivity contribution in [2.45, 2.75) is 6.92 Å². The van der Waals surface area contributed by atoms with Crippen LogP contribution in [0.15, 0.2) is 57.7 Å². The molecule has 0 fully saturated rings. The van der Waals surface area contributed by atoms with Gasteiger partial charge >= 0.3 is 0 Å². The molecule has 0 aliphatic carbocycles. The lowest BCUT2D eigenvalue weighted by Gasteiger charge is -2.05. The molecule has 1 aromatic heterocycles. The molecule has 0 atom stereocenters. The van der Waals surface area contributed by atoms with Gasteiger partial charge in [-0.15, -0.1) is 0 Å². The van der Waals surface area contributed by atoms with Crippen LogP contribution in [-0.2, 0) is 0 Å². The molecule has 3 nitrogen and oxygen atoms in total. The lowest BCUT2D eigenvalue weighted by atomic mass is 10.1. The van der Waals surface area contributed by atoms with E-state index >= 15 is 0 Å². The molecule has 0 bridgehead atoms. The lowest BCUT2D eigenvalue weighted by Crippen LogP contribution is -2.01. The summed E-state index contributed by atoms with van der Waals surface area (Å²) in [5.41, 5.74) is 1.85. The Balaban J connectivity index is 2.34. The Morgan fingerprint density at radius 1 is 1.05 bits per heavy atom. The van der Waals surface area contributed by atoms with Crippen LogP contribution >= 0.6 is 0 Å². The second-order valence-electron chi connectivity index (χ2n) is 4.50. The highest BCUT2D eigenvalue weighted by molar-refractivity contribution is 5.85. The molecule has 2 aromatic carbocycles. The van der Waals surface area contributed by atoms with Crippen LogP contribution in [0.4, 0.5) is 0 Å². The van der Waals surface area contributed by atoms with Crippen LogP contribution < -0.4 is 5.43 Å². The minimum atomic E-state index is -0.238. The van der Waals surface area contributed by atoms with Crippen molar-refractivity contribution in [1.82, 2.24) is 0 Å². The van der Waals surface area contributed by atoms with Crippen LogP contribution in [-0.4, -0.2) is 5.11 Å². The third-order valence-electron chi connectivity index (χ3n) is 3.01. The smallest absolute Gasteiger partial charge is 0.197 e. The first kappa shape index (κ1) is 11.5. The average molecular weight is 252 g/mol. The van der Waals surface area contributed by atoms with Gasteiger partial charge in [-0.05, 0) is 24.6 Å². The third-order valence-corrected chi connectivity index (χ3v) is 3.01. The van der Waals surface area contributed by atoms with Crippen molar-refractivity contribution in [3.05, 3.63) is 64.3 Å². The first-order chi connectivity index (χ1) is 9.15. The Morgan fingerprint density at radius 3 is 2.53 bits per heavy atom. The number of aryl methyl sites for hydroxylation is 1. The minimum Gasteiger partial charge on any atom is -0.507 e.